The molecular formula is C41H40N6O6S2. The smallest absolute Gasteiger partial charge is 0.242 e. The maximum atomic E-state index is 13.7. The van der Waals surface area contributed by atoms with Crippen LogP contribution in [-0.2, 0) is 37.3 Å². The molecule has 0 aliphatic carbocycles. The highest BCUT2D eigenvalue weighted by molar-refractivity contribution is 7.99. The van der Waals surface area contributed by atoms with E-state index in [2.05, 4.69) is 25.6 Å². The van der Waals surface area contributed by atoms with Crippen molar-refractivity contribution in [2.24, 2.45) is 0 Å². The van der Waals surface area contributed by atoms with Gasteiger partial charge in [0.1, 0.15) is 6.04 Å². The molecule has 0 unspecified atom stereocenters. The number of hydrogen-bond donors (Lipinski definition) is 3. The van der Waals surface area contributed by atoms with Gasteiger partial charge < -0.3 is 19.9 Å². The van der Waals surface area contributed by atoms with Gasteiger partial charge in [-0.05, 0) is 76.9 Å². The quantitative estimate of drug-likeness (QED) is 0.107. The first-order valence-corrected chi connectivity index (χ1v) is 20.2. The highest BCUT2D eigenvalue weighted by atomic mass is 32.2. The molecule has 6 aromatic rings. The molecule has 1 aromatic heterocycles. The average Bonchev–Trinajstić information content (AvgIpc) is 3.70. The molecule has 1 saturated heterocycles. The average molecular weight is 777 g/mol. The van der Waals surface area contributed by atoms with Gasteiger partial charge in [0.05, 0.1) is 29.4 Å². The Hall–Kier alpha value is -5.22. The number of thioether (sulfide) groups is 1. The third kappa shape index (κ3) is 9.72. The van der Waals surface area contributed by atoms with Crippen LogP contribution >= 0.6 is 11.8 Å². The molecule has 282 valence electrons. The summed E-state index contributed by atoms with van der Waals surface area (Å²) in [5.41, 5.74) is 5.56. The molecule has 2 heterocycles. The van der Waals surface area contributed by atoms with E-state index in [4.69, 9.17) is 9.47 Å². The minimum atomic E-state index is -4.00. The maximum absolute atomic E-state index is 13.7. The van der Waals surface area contributed by atoms with E-state index >= 15 is 0 Å². The molecule has 7 rings (SSSR count). The molecule has 1 fully saturated rings. The number of benzene rings is 5. The normalized spacial score (nSPS) is 17.7. The maximum Gasteiger partial charge on any atom is 0.242 e. The lowest BCUT2D eigenvalue weighted by atomic mass is 10.0. The zero-order valence-corrected chi connectivity index (χ0v) is 31.6. The van der Waals surface area contributed by atoms with Gasteiger partial charge in [-0.2, -0.15) is 9.40 Å². The van der Waals surface area contributed by atoms with E-state index in [1.165, 1.54) is 23.9 Å². The Morgan fingerprint density at radius 2 is 1.53 bits per heavy atom. The zero-order valence-electron chi connectivity index (χ0n) is 29.9. The highest BCUT2D eigenvalue weighted by Crippen LogP contribution is 2.39. The van der Waals surface area contributed by atoms with Crippen LogP contribution < -0.4 is 10.0 Å². The summed E-state index contributed by atoms with van der Waals surface area (Å²) < 4.78 is 44.1. The Morgan fingerprint density at radius 1 is 0.855 bits per heavy atom. The van der Waals surface area contributed by atoms with Crippen LogP contribution in [0.3, 0.4) is 0 Å². The predicted molar refractivity (Wildman–Crippen MR) is 209 cm³/mol. The van der Waals surface area contributed by atoms with Crippen LogP contribution in [0.1, 0.15) is 46.6 Å². The van der Waals surface area contributed by atoms with Gasteiger partial charge >= 0.3 is 0 Å². The predicted octanol–water partition coefficient (Wildman–Crippen LogP) is 6.33. The zero-order chi connectivity index (χ0) is 38.2. The fraction of sp³-hybridized carbons (Fsp3) is 0.220. The molecule has 55 heavy (non-hydrogen) atoms. The minimum absolute atomic E-state index is 0.0541. The lowest BCUT2D eigenvalue weighted by Gasteiger charge is -2.36. The Balaban J connectivity index is 1.07. The SMILES string of the molecule is Cc1ccc(S(=O)(=O)N[C@H](Cc2ccccc2)C(=O)Nc2ccc([C@@H]3O[C@H](CSc4nnnn4-c4ccccc4)C[C@H](c4ccc(CO)cc4)O3)cc2)cc1. The molecule has 0 spiro atoms. The van der Waals surface area contributed by atoms with E-state index < -0.39 is 28.3 Å². The first-order chi connectivity index (χ1) is 26.7. The van der Waals surface area contributed by atoms with Gasteiger partial charge in [-0.25, -0.2) is 8.42 Å². The van der Waals surface area contributed by atoms with Gasteiger partial charge in [-0.3, -0.25) is 4.79 Å². The molecular weight excluding hydrogens is 737 g/mol. The fourth-order valence-electron chi connectivity index (χ4n) is 6.15. The number of carbonyl (C=O) groups is 1. The number of rotatable bonds is 14. The third-order valence-corrected chi connectivity index (χ3v) is 11.7. The second-order valence-corrected chi connectivity index (χ2v) is 15.9. The molecule has 3 N–H and O–H groups in total. The van der Waals surface area contributed by atoms with Crippen molar-refractivity contribution in [3.8, 4) is 5.69 Å². The highest BCUT2D eigenvalue weighted by Gasteiger charge is 2.33. The number of para-hydroxylation sites is 1. The van der Waals surface area contributed by atoms with Crippen LogP contribution in [-0.4, -0.2) is 57.5 Å². The third-order valence-electron chi connectivity index (χ3n) is 9.13. The number of aliphatic hydroxyl groups excluding tert-OH is 1. The summed E-state index contributed by atoms with van der Waals surface area (Å²) in [6.07, 6.45) is -0.556. The van der Waals surface area contributed by atoms with E-state index in [9.17, 15) is 18.3 Å². The number of carbonyl (C=O) groups excluding carboxylic acids is 1. The summed E-state index contributed by atoms with van der Waals surface area (Å²) in [5.74, 6) is 0.0482. The second-order valence-electron chi connectivity index (χ2n) is 13.2. The van der Waals surface area contributed by atoms with Gasteiger partial charge in [-0.1, -0.05) is 114 Å². The van der Waals surface area contributed by atoms with Crippen molar-refractivity contribution in [2.75, 3.05) is 11.1 Å². The van der Waals surface area contributed by atoms with E-state index in [0.717, 1.165) is 33.5 Å². The number of nitrogens with one attached hydrogen (secondary N) is 2. The molecule has 1 aliphatic rings. The molecule has 1 amide bonds. The number of aliphatic hydroxyl groups is 1. The Kier molecular flexibility index (Phi) is 12.1. The Bertz CT molecular complexity index is 2280. The summed E-state index contributed by atoms with van der Waals surface area (Å²) in [5, 5.41) is 25.4. The van der Waals surface area contributed by atoms with Crippen molar-refractivity contribution in [1.82, 2.24) is 24.9 Å². The van der Waals surface area contributed by atoms with Crippen LogP contribution in [0.4, 0.5) is 5.69 Å². The van der Waals surface area contributed by atoms with Crippen LogP contribution in [0.25, 0.3) is 5.69 Å². The number of ether oxygens (including phenoxy) is 2. The van der Waals surface area contributed by atoms with Crippen LogP contribution in [0.5, 0.6) is 0 Å². The van der Waals surface area contributed by atoms with E-state index in [-0.39, 0.29) is 30.1 Å². The molecule has 1 aliphatic heterocycles. The molecule has 0 bridgehead atoms. The first kappa shape index (κ1) is 38.1. The van der Waals surface area contributed by atoms with Gasteiger partial charge in [0.25, 0.3) is 0 Å². The van der Waals surface area contributed by atoms with Gasteiger partial charge in [0.15, 0.2) is 6.29 Å². The number of aryl methyl sites for hydroxylation is 1. The lowest BCUT2D eigenvalue weighted by molar-refractivity contribution is -0.245. The lowest BCUT2D eigenvalue weighted by Crippen LogP contribution is -2.45. The molecule has 5 aromatic carbocycles. The van der Waals surface area contributed by atoms with Crippen molar-refractivity contribution < 1.29 is 27.8 Å². The van der Waals surface area contributed by atoms with Crippen molar-refractivity contribution in [1.29, 1.82) is 0 Å². The number of sulfonamides is 1. The fourth-order valence-corrected chi connectivity index (χ4v) is 8.26. The van der Waals surface area contributed by atoms with Crippen molar-refractivity contribution in [2.45, 2.75) is 61.0 Å². The Morgan fingerprint density at radius 3 is 2.22 bits per heavy atom. The van der Waals surface area contributed by atoms with E-state index in [1.807, 2.05) is 104 Å². The standard InChI is InChI=1S/C41H40N6O6S2/c1-28-12-22-36(23-13-28)55(50,51)44-37(24-29-8-4-2-5-9-29)39(49)42-33-20-18-32(19-21-33)40-52-35(25-38(53-40)31-16-14-30(26-48)15-17-31)27-54-41-43-45-46-47(41)34-10-6-3-7-11-34/h2-23,35,37-38,40,44,48H,24-27H2,1H3,(H,42,49)/t35-,37+,38+,40+/m0/s1. The summed E-state index contributed by atoms with van der Waals surface area (Å²) in [7, 11) is -4.00. The topological polar surface area (TPSA) is 158 Å². The first-order valence-electron chi connectivity index (χ1n) is 17.7. The number of aromatic nitrogens is 4. The molecule has 4 atom stereocenters. The number of hydrogen-bond acceptors (Lipinski definition) is 10. The summed E-state index contributed by atoms with van der Waals surface area (Å²) in [6, 6.07) is 39.1. The van der Waals surface area contributed by atoms with Gasteiger partial charge in [0.2, 0.25) is 21.1 Å². The molecule has 12 nitrogen and oxygen atoms in total. The summed E-state index contributed by atoms with van der Waals surface area (Å²) in [6.45, 7) is 1.82. The van der Waals surface area contributed by atoms with Crippen LogP contribution in [0.2, 0.25) is 0 Å². The minimum Gasteiger partial charge on any atom is -0.392 e. The second kappa shape index (κ2) is 17.5. The van der Waals surface area contributed by atoms with E-state index in [0.29, 0.717) is 23.0 Å². The van der Waals surface area contributed by atoms with E-state index in [1.54, 1.807) is 28.9 Å². The van der Waals surface area contributed by atoms with Gasteiger partial charge in [-0.15, -0.1) is 5.10 Å². The monoisotopic (exact) mass is 776 g/mol. The molecule has 0 saturated carbocycles. The van der Waals surface area contributed by atoms with Gasteiger partial charge in [0, 0.05) is 23.4 Å². The van der Waals surface area contributed by atoms with Crippen LogP contribution in [0, 0.1) is 6.92 Å². The van der Waals surface area contributed by atoms with Crippen LogP contribution in [0.15, 0.2) is 144 Å². The Labute approximate surface area is 324 Å². The number of anilines is 1. The largest absolute Gasteiger partial charge is 0.392 e. The summed E-state index contributed by atoms with van der Waals surface area (Å²) in [4.78, 5) is 13.8. The number of tetrazole rings is 1. The number of nitrogens with zero attached hydrogens (tertiary/aromatic N) is 4. The number of amides is 1. The molecule has 14 heteroatoms. The summed E-state index contributed by atoms with van der Waals surface area (Å²) >= 11 is 1.49. The molecule has 0 radical (unpaired) electrons. The van der Waals surface area contributed by atoms with Crippen molar-refractivity contribution >= 4 is 33.4 Å². The van der Waals surface area contributed by atoms with Crippen molar-refractivity contribution in [3.05, 3.63) is 161 Å². The van der Waals surface area contributed by atoms with Crippen molar-refractivity contribution in [3.63, 3.8) is 0 Å².